The molecule has 19 heavy (non-hydrogen) atoms. The first-order valence-electron chi connectivity index (χ1n) is 8.17. The molecular weight excluding hydrogens is 240 g/mol. The average molecular weight is 268 g/mol. The van der Waals surface area contributed by atoms with Crippen molar-refractivity contribution in [2.45, 2.75) is 69.5 Å². The fourth-order valence-corrected chi connectivity index (χ4v) is 4.27. The van der Waals surface area contributed by atoms with Gasteiger partial charge in [0.1, 0.15) is 0 Å². The molecule has 0 bridgehead atoms. The molecule has 1 N–H and O–H groups in total. The lowest BCUT2D eigenvalue weighted by Crippen LogP contribution is -2.46. The second kappa shape index (κ2) is 6.11. The lowest BCUT2D eigenvalue weighted by atomic mass is 9.77. The third-order valence-corrected chi connectivity index (χ3v) is 5.53. The molecule has 3 nitrogen and oxygen atoms in total. The van der Waals surface area contributed by atoms with Crippen molar-refractivity contribution in [3.05, 3.63) is 0 Å². The van der Waals surface area contributed by atoms with Crippen molar-refractivity contribution in [1.29, 1.82) is 0 Å². The summed E-state index contributed by atoms with van der Waals surface area (Å²) < 4.78 is 11.5. The zero-order valence-corrected chi connectivity index (χ0v) is 12.0. The van der Waals surface area contributed by atoms with Crippen molar-refractivity contribution >= 4 is 0 Å². The fourth-order valence-electron chi connectivity index (χ4n) is 4.27. The maximum Gasteiger partial charge on any atom is 0.0730 e. The Morgan fingerprint density at radius 3 is 2.53 bits per heavy atom. The second-order valence-corrected chi connectivity index (χ2v) is 6.85. The van der Waals surface area contributed by atoms with Gasteiger partial charge in [0.25, 0.3) is 0 Å². The summed E-state index contributed by atoms with van der Waals surface area (Å²) in [7, 11) is 0. The van der Waals surface area contributed by atoms with Crippen LogP contribution in [0.4, 0.5) is 0 Å². The van der Waals surface area contributed by atoms with Gasteiger partial charge in [-0.25, -0.2) is 0 Å². The third-order valence-electron chi connectivity index (χ3n) is 5.53. The molecule has 0 amide bonds. The van der Waals surface area contributed by atoms with Crippen molar-refractivity contribution in [2.24, 2.45) is 11.8 Å². The minimum atomic E-state index is -0.105. The molecule has 0 aromatic carbocycles. The molecule has 3 rings (SSSR count). The molecule has 3 heteroatoms. The smallest absolute Gasteiger partial charge is 0.0730 e. The quantitative estimate of drug-likeness (QED) is 0.855. The largest absolute Gasteiger partial charge is 0.393 e. The van der Waals surface area contributed by atoms with Crippen LogP contribution in [0.25, 0.3) is 0 Å². The van der Waals surface area contributed by atoms with E-state index in [1.54, 1.807) is 0 Å². The van der Waals surface area contributed by atoms with Gasteiger partial charge in [0.05, 0.1) is 11.7 Å². The van der Waals surface area contributed by atoms with Gasteiger partial charge in [0.2, 0.25) is 0 Å². The monoisotopic (exact) mass is 268 g/mol. The maximum absolute atomic E-state index is 10.6. The Hall–Kier alpha value is -0.120. The Kier molecular flexibility index (Phi) is 4.45. The topological polar surface area (TPSA) is 38.7 Å². The highest BCUT2D eigenvalue weighted by Crippen LogP contribution is 2.40. The van der Waals surface area contributed by atoms with E-state index in [1.165, 1.54) is 25.7 Å². The van der Waals surface area contributed by atoms with E-state index in [0.29, 0.717) is 5.92 Å². The van der Waals surface area contributed by atoms with Crippen molar-refractivity contribution in [3.63, 3.8) is 0 Å². The number of hydrogen-bond acceptors (Lipinski definition) is 3. The van der Waals surface area contributed by atoms with Gasteiger partial charge in [-0.1, -0.05) is 25.7 Å². The van der Waals surface area contributed by atoms with Gasteiger partial charge in [0, 0.05) is 19.8 Å². The highest BCUT2D eigenvalue weighted by atomic mass is 16.5. The molecule has 1 aliphatic carbocycles. The number of ether oxygens (including phenoxy) is 2. The molecule has 0 aromatic rings. The Bertz CT molecular complexity index is 274. The Morgan fingerprint density at radius 1 is 1.05 bits per heavy atom. The molecule has 110 valence electrons. The Morgan fingerprint density at radius 2 is 1.79 bits per heavy atom. The Balaban J connectivity index is 1.54. The molecule has 2 saturated heterocycles. The number of hydrogen-bond donors (Lipinski definition) is 1. The predicted molar refractivity (Wildman–Crippen MR) is 74.0 cm³/mol. The highest BCUT2D eigenvalue weighted by Gasteiger charge is 2.41. The molecule has 2 aliphatic heterocycles. The number of aliphatic hydroxyl groups is 1. The molecule has 3 fully saturated rings. The summed E-state index contributed by atoms with van der Waals surface area (Å²) in [4.78, 5) is 0. The van der Waals surface area contributed by atoms with Crippen LogP contribution >= 0.6 is 0 Å². The van der Waals surface area contributed by atoms with Gasteiger partial charge >= 0.3 is 0 Å². The predicted octanol–water partition coefficient (Wildman–Crippen LogP) is 2.90. The van der Waals surface area contributed by atoms with Crippen LogP contribution in [0.1, 0.15) is 57.8 Å². The van der Waals surface area contributed by atoms with Gasteiger partial charge in [-0.2, -0.15) is 0 Å². The van der Waals surface area contributed by atoms with Crippen LogP contribution in [0.5, 0.6) is 0 Å². The third kappa shape index (κ3) is 3.32. The summed E-state index contributed by atoms with van der Waals surface area (Å²) in [5.74, 6) is 1.23. The summed E-state index contributed by atoms with van der Waals surface area (Å²) >= 11 is 0. The minimum Gasteiger partial charge on any atom is -0.393 e. The highest BCUT2D eigenvalue weighted by molar-refractivity contribution is 4.91. The molecule has 1 saturated carbocycles. The van der Waals surface area contributed by atoms with Crippen molar-refractivity contribution in [3.8, 4) is 0 Å². The first-order valence-corrected chi connectivity index (χ1v) is 8.17. The molecule has 3 aliphatic rings. The van der Waals surface area contributed by atoms with Gasteiger partial charge in [-0.05, 0) is 43.9 Å². The van der Waals surface area contributed by atoms with Gasteiger partial charge in [0.15, 0.2) is 0 Å². The molecule has 2 unspecified atom stereocenters. The van der Waals surface area contributed by atoms with Crippen LogP contribution < -0.4 is 0 Å². The first-order chi connectivity index (χ1) is 9.27. The molecule has 0 aromatic heterocycles. The normalized spacial score (nSPS) is 33.6. The van der Waals surface area contributed by atoms with E-state index < -0.39 is 0 Å². The number of rotatable bonds is 3. The van der Waals surface area contributed by atoms with Crippen molar-refractivity contribution in [2.75, 3.05) is 19.8 Å². The van der Waals surface area contributed by atoms with Crippen LogP contribution in [0, 0.1) is 11.8 Å². The summed E-state index contributed by atoms with van der Waals surface area (Å²) in [6.07, 6.45) is 10.4. The van der Waals surface area contributed by atoms with Crippen LogP contribution in [0.3, 0.4) is 0 Å². The minimum absolute atomic E-state index is 0.0256. The molecule has 1 spiro atoms. The standard InChI is InChI=1S/C16H28O3/c17-15(11-13-3-1-2-4-13)14-5-8-19-16(12-14)6-9-18-10-7-16/h13-15,17H,1-12H2. The van der Waals surface area contributed by atoms with Crippen LogP contribution in [-0.2, 0) is 9.47 Å². The zero-order valence-electron chi connectivity index (χ0n) is 12.0. The summed E-state index contributed by atoms with van der Waals surface area (Å²) in [6, 6.07) is 0. The van der Waals surface area contributed by atoms with Gasteiger partial charge < -0.3 is 14.6 Å². The summed E-state index contributed by atoms with van der Waals surface area (Å²) in [5, 5.41) is 10.6. The van der Waals surface area contributed by atoms with E-state index in [1.807, 2.05) is 0 Å². The van der Waals surface area contributed by atoms with Crippen molar-refractivity contribution in [1.82, 2.24) is 0 Å². The van der Waals surface area contributed by atoms with E-state index >= 15 is 0 Å². The molecule has 2 atom stereocenters. The van der Waals surface area contributed by atoms with Crippen LogP contribution in [0.15, 0.2) is 0 Å². The summed E-state index contributed by atoms with van der Waals surface area (Å²) in [5.41, 5.74) is 0.0256. The van der Waals surface area contributed by atoms with E-state index in [9.17, 15) is 5.11 Å². The van der Waals surface area contributed by atoms with Gasteiger partial charge in [-0.3, -0.25) is 0 Å². The van der Waals surface area contributed by atoms with E-state index in [2.05, 4.69) is 0 Å². The summed E-state index contributed by atoms with van der Waals surface area (Å²) in [6.45, 7) is 2.48. The lowest BCUT2D eigenvalue weighted by Gasteiger charge is -2.44. The van der Waals surface area contributed by atoms with Crippen molar-refractivity contribution < 1.29 is 14.6 Å². The molecular formula is C16H28O3. The van der Waals surface area contributed by atoms with E-state index in [0.717, 1.165) is 57.8 Å². The second-order valence-electron chi connectivity index (χ2n) is 6.85. The number of aliphatic hydroxyl groups excluding tert-OH is 1. The van der Waals surface area contributed by atoms with Gasteiger partial charge in [-0.15, -0.1) is 0 Å². The Labute approximate surface area is 116 Å². The van der Waals surface area contributed by atoms with Crippen LogP contribution in [0.2, 0.25) is 0 Å². The van der Waals surface area contributed by atoms with E-state index in [-0.39, 0.29) is 11.7 Å². The lowest BCUT2D eigenvalue weighted by molar-refractivity contribution is -0.159. The SMILES string of the molecule is OC(CC1CCCC1)C1CCOC2(CCOCC2)C1. The van der Waals surface area contributed by atoms with E-state index in [4.69, 9.17) is 9.47 Å². The average Bonchev–Trinajstić information content (AvgIpc) is 2.92. The molecule has 0 radical (unpaired) electrons. The molecule has 2 heterocycles. The van der Waals surface area contributed by atoms with Crippen LogP contribution in [-0.4, -0.2) is 36.6 Å². The first kappa shape index (κ1) is 13.8. The zero-order chi connectivity index (χ0) is 13.1. The fraction of sp³-hybridized carbons (Fsp3) is 1.00. The maximum atomic E-state index is 10.6.